The van der Waals surface area contributed by atoms with Crippen LogP contribution in [0.5, 0.6) is 5.75 Å². The lowest BCUT2D eigenvalue weighted by atomic mass is 10.1. The Morgan fingerprint density at radius 1 is 1.20 bits per heavy atom. The highest BCUT2D eigenvalue weighted by Crippen LogP contribution is 2.38. The van der Waals surface area contributed by atoms with Gasteiger partial charge in [-0.15, -0.1) is 0 Å². The highest BCUT2D eigenvalue weighted by molar-refractivity contribution is 7.89. The summed E-state index contributed by atoms with van der Waals surface area (Å²) in [5.74, 6) is 0.748. The van der Waals surface area contributed by atoms with E-state index in [4.69, 9.17) is 10.5 Å². The number of nitrogen functional groups attached to an aromatic ring is 1. The molecule has 0 radical (unpaired) electrons. The Bertz CT molecular complexity index is 1040. The maximum Gasteiger partial charge on any atom is 0.240 e. The van der Waals surface area contributed by atoms with Crippen LogP contribution in [0, 0.1) is 0 Å². The van der Waals surface area contributed by atoms with Crippen LogP contribution < -0.4 is 15.2 Å². The summed E-state index contributed by atoms with van der Waals surface area (Å²) in [7, 11) is -0.506. The molecule has 132 valence electrons. The summed E-state index contributed by atoms with van der Waals surface area (Å²) in [4.78, 5) is 0.206. The van der Waals surface area contributed by atoms with Crippen molar-refractivity contribution >= 4 is 26.6 Å². The van der Waals surface area contributed by atoms with E-state index in [0.717, 1.165) is 27.9 Å². The zero-order valence-corrected chi connectivity index (χ0v) is 15.2. The van der Waals surface area contributed by atoms with Crippen molar-refractivity contribution in [3.63, 3.8) is 0 Å². The second kappa shape index (κ2) is 6.42. The molecule has 0 aliphatic heterocycles. The lowest BCUT2D eigenvalue weighted by Crippen LogP contribution is -2.18. The first-order valence-electron chi connectivity index (χ1n) is 7.92. The Morgan fingerprint density at radius 2 is 1.96 bits per heavy atom. The molecule has 0 saturated carbocycles. The number of nitrogens with two attached hydrogens (primary N) is 1. The van der Waals surface area contributed by atoms with Crippen LogP contribution in [0.4, 0.5) is 5.69 Å². The largest absolute Gasteiger partial charge is 0.497 e. The van der Waals surface area contributed by atoms with Crippen LogP contribution >= 0.6 is 0 Å². The standard InChI is InChI=1S/C18H21N3O3S/c1-4-21-16-11-13(24-3)8-9-15(16)17(19)18(21)12-6-5-7-14(10-12)25(22,23)20-2/h5-11,20H,4,19H2,1-3H3. The number of benzene rings is 2. The molecule has 6 nitrogen and oxygen atoms in total. The minimum absolute atomic E-state index is 0.206. The van der Waals surface area contributed by atoms with E-state index in [1.165, 1.54) is 7.05 Å². The lowest BCUT2D eigenvalue weighted by molar-refractivity contribution is 0.415. The van der Waals surface area contributed by atoms with Crippen LogP contribution in [0.25, 0.3) is 22.2 Å². The van der Waals surface area contributed by atoms with Crippen molar-refractivity contribution in [3.05, 3.63) is 42.5 Å². The van der Waals surface area contributed by atoms with Gasteiger partial charge in [-0.05, 0) is 38.2 Å². The highest BCUT2D eigenvalue weighted by atomic mass is 32.2. The van der Waals surface area contributed by atoms with Crippen LogP contribution in [0.15, 0.2) is 47.4 Å². The summed E-state index contributed by atoms with van der Waals surface area (Å²) in [5.41, 5.74) is 9.54. The van der Waals surface area contributed by atoms with Gasteiger partial charge in [-0.2, -0.15) is 0 Å². The number of ether oxygens (including phenoxy) is 1. The Kier molecular flexibility index (Phi) is 4.45. The Hall–Kier alpha value is -2.51. The average molecular weight is 359 g/mol. The summed E-state index contributed by atoms with van der Waals surface area (Å²) < 4.78 is 33.9. The van der Waals surface area contributed by atoms with Crippen molar-refractivity contribution in [2.24, 2.45) is 0 Å². The van der Waals surface area contributed by atoms with Crippen LogP contribution in [-0.4, -0.2) is 27.1 Å². The number of sulfonamides is 1. The number of aromatic nitrogens is 1. The highest BCUT2D eigenvalue weighted by Gasteiger charge is 2.19. The fourth-order valence-corrected chi connectivity index (χ4v) is 3.83. The summed E-state index contributed by atoms with van der Waals surface area (Å²) in [5, 5.41) is 0.916. The zero-order chi connectivity index (χ0) is 18.2. The van der Waals surface area contributed by atoms with E-state index in [-0.39, 0.29) is 4.90 Å². The van der Waals surface area contributed by atoms with Crippen molar-refractivity contribution in [2.45, 2.75) is 18.4 Å². The van der Waals surface area contributed by atoms with E-state index in [0.29, 0.717) is 12.2 Å². The van der Waals surface area contributed by atoms with Crippen molar-refractivity contribution < 1.29 is 13.2 Å². The molecule has 1 aromatic heterocycles. The fraction of sp³-hybridized carbons (Fsp3) is 0.222. The fourth-order valence-electron chi connectivity index (χ4n) is 3.05. The van der Waals surface area contributed by atoms with Gasteiger partial charge >= 0.3 is 0 Å². The molecule has 3 N–H and O–H groups in total. The maximum atomic E-state index is 12.1. The van der Waals surface area contributed by atoms with Gasteiger partial charge in [0.05, 0.1) is 28.9 Å². The third-order valence-electron chi connectivity index (χ3n) is 4.31. The predicted octanol–water partition coefficient (Wildman–Crippen LogP) is 2.83. The van der Waals surface area contributed by atoms with Gasteiger partial charge in [-0.25, -0.2) is 13.1 Å². The van der Waals surface area contributed by atoms with Gasteiger partial charge in [0.1, 0.15) is 5.75 Å². The van der Waals surface area contributed by atoms with E-state index >= 15 is 0 Å². The summed E-state index contributed by atoms with van der Waals surface area (Å²) >= 11 is 0. The second-order valence-electron chi connectivity index (χ2n) is 5.63. The van der Waals surface area contributed by atoms with Crippen LogP contribution in [-0.2, 0) is 16.6 Å². The van der Waals surface area contributed by atoms with Crippen LogP contribution in [0.2, 0.25) is 0 Å². The molecule has 1 heterocycles. The smallest absolute Gasteiger partial charge is 0.240 e. The number of fused-ring (bicyclic) bond motifs is 1. The first-order valence-corrected chi connectivity index (χ1v) is 9.41. The SMILES string of the molecule is CCn1c(-c2cccc(S(=O)(=O)NC)c2)c(N)c2ccc(OC)cc21. The van der Waals surface area contributed by atoms with Crippen molar-refractivity contribution in [1.29, 1.82) is 0 Å². The minimum Gasteiger partial charge on any atom is -0.497 e. The van der Waals surface area contributed by atoms with Crippen molar-refractivity contribution in [1.82, 2.24) is 9.29 Å². The quantitative estimate of drug-likeness (QED) is 0.733. The van der Waals surface area contributed by atoms with Gasteiger partial charge in [-0.3, -0.25) is 0 Å². The number of rotatable bonds is 5. The molecule has 0 spiro atoms. The average Bonchev–Trinajstić information content (AvgIpc) is 2.93. The number of nitrogens with one attached hydrogen (secondary N) is 1. The molecule has 3 aromatic rings. The summed E-state index contributed by atoms with van der Waals surface area (Å²) in [6, 6.07) is 12.5. The van der Waals surface area contributed by atoms with E-state index in [1.807, 2.05) is 31.2 Å². The van der Waals surface area contributed by atoms with Gasteiger partial charge in [0.25, 0.3) is 0 Å². The summed E-state index contributed by atoms with van der Waals surface area (Å²) in [6.45, 7) is 2.72. The molecule has 0 aliphatic carbocycles. The molecule has 3 rings (SSSR count). The van der Waals surface area contributed by atoms with E-state index in [9.17, 15) is 8.42 Å². The molecule has 25 heavy (non-hydrogen) atoms. The molecule has 2 aromatic carbocycles. The van der Waals surface area contributed by atoms with Gasteiger partial charge in [0, 0.05) is 23.6 Å². The predicted molar refractivity (Wildman–Crippen MR) is 100 cm³/mol. The number of nitrogens with zero attached hydrogens (tertiary/aromatic N) is 1. The lowest BCUT2D eigenvalue weighted by Gasteiger charge is -2.11. The van der Waals surface area contributed by atoms with Crippen molar-refractivity contribution in [2.75, 3.05) is 19.9 Å². The molecule has 0 fully saturated rings. The molecular weight excluding hydrogens is 338 g/mol. The molecule has 0 atom stereocenters. The normalized spacial score (nSPS) is 11.8. The molecule has 0 aliphatic rings. The van der Waals surface area contributed by atoms with Crippen LogP contribution in [0.3, 0.4) is 0 Å². The summed E-state index contributed by atoms with van der Waals surface area (Å²) in [6.07, 6.45) is 0. The van der Waals surface area contributed by atoms with Gasteiger partial charge < -0.3 is 15.0 Å². The zero-order valence-electron chi connectivity index (χ0n) is 14.4. The van der Waals surface area contributed by atoms with Crippen molar-refractivity contribution in [3.8, 4) is 17.0 Å². The molecule has 0 saturated heterocycles. The van der Waals surface area contributed by atoms with E-state index in [2.05, 4.69) is 9.29 Å². The minimum atomic E-state index is -3.52. The first kappa shape index (κ1) is 17.3. The maximum absolute atomic E-state index is 12.1. The third kappa shape index (κ3) is 2.85. The Balaban J connectivity index is 2.29. The number of aryl methyl sites for hydroxylation is 1. The molecular formula is C18H21N3O3S. The third-order valence-corrected chi connectivity index (χ3v) is 5.73. The number of hydrogen-bond donors (Lipinski definition) is 2. The number of anilines is 1. The van der Waals surface area contributed by atoms with Gasteiger partial charge in [0.15, 0.2) is 0 Å². The Morgan fingerprint density at radius 3 is 2.60 bits per heavy atom. The Labute approximate surface area is 147 Å². The first-order chi connectivity index (χ1) is 11.9. The topological polar surface area (TPSA) is 86.4 Å². The van der Waals surface area contributed by atoms with E-state index < -0.39 is 10.0 Å². The van der Waals surface area contributed by atoms with Gasteiger partial charge in [-0.1, -0.05) is 12.1 Å². The second-order valence-corrected chi connectivity index (χ2v) is 7.51. The van der Waals surface area contributed by atoms with Crippen LogP contribution in [0.1, 0.15) is 6.92 Å². The number of methoxy groups -OCH3 is 1. The van der Waals surface area contributed by atoms with E-state index in [1.54, 1.807) is 25.3 Å². The molecule has 0 bridgehead atoms. The molecule has 0 unspecified atom stereocenters. The number of hydrogen-bond acceptors (Lipinski definition) is 4. The monoisotopic (exact) mass is 359 g/mol. The molecule has 0 amide bonds. The van der Waals surface area contributed by atoms with Gasteiger partial charge in [0.2, 0.25) is 10.0 Å². The molecule has 7 heteroatoms.